The van der Waals surface area contributed by atoms with E-state index in [2.05, 4.69) is 11.9 Å². The second-order valence-corrected chi connectivity index (χ2v) is 5.38. The Bertz CT molecular complexity index is 730. The molecule has 2 rings (SSSR count). The Morgan fingerprint density at radius 3 is 2.77 bits per heavy atom. The highest BCUT2D eigenvalue weighted by Gasteiger charge is 2.33. The van der Waals surface area contributed by atoms with Crippen LogP contribution >= 0.6 is 23.8 Å². The van der Waals surface area contributed by atoms with Gasteiger partial charge in [-0.15, -0.1) is 6.58 Å². The first-order chi connectivity index (χ1) is 10.4. The lowest BCUT2D eigenvalue weighted by atomic mass is 10.0. The molecule has 1 N–H and O–H groups in total. The summed E-state index contributed by atoms with van der Waals surface area (Å²) < 4.78 is 13.9. The van der Waals surface area contributed by atoms with Crippen LogP contribution in [0.25, 0.3) is 6.08 Å². The average molecular weight is 339 g/mol. The first-order valence-electron chi connectivity index (χ1n) is 6.31. The summed E-state index contributed by atoms with van der Waals surface area (Å²) in [7, 11) is 0. The zero-order chi connectivity index (χ0) is 16.4. The van der Waals surface area contributed by atoms with Gasteiger partial charge in [0, 0.05) is 12.1 Å². The van der Waals surface area contributed by atoms with Gasteiger partial charge in [0.25, 0.3) is 11.8 Å². The van der Waals surface area contributed by atoms with Crippen molar-refractivity contribution in [1.82, 2.24) is 10.2 Å². The van der Waals surface area contributed by atoms with Gasteiger partial charge < -0.3 is 0 Å². The maximum Gasteiger partial charge on any atom is 0.265 e. The number of nitrogens with one attached hydrogen (secondary N) is 1. The van der Waals surface area contributed by atoms with E-state index >= 15 is 0 Å². The zero-order valence-corrected chi connectivity index (χ0v) is 13.2. The van der Waals surface area contributed by atoms with Crippen LogP contribution in [0.2, 0.25) is 5.02 Å². The van der Waals surface area contributed by atoms with Gasteiger partial charge in [-0.05, 0) is 36.8 Å². The van der Waals surface area contributed by atoms with Crippen molar-refractivity contribution in [3.8, 4) is 0 Å². The molecule has 0 radical (unpaired) electrons. The van der Waals surface area contributed by atoms with Crippen LogP contribution in [0.5, 0.6) is 0 Å². The molecule has 1 aliphatic rings. The molecular weight excluding hydrogens is 327 g/mol. The van der Waals surface area contributed by atoms with Gasteiger partial charge >= 0.3 is 0 Å². The van der Waals surface area contributed by atoms with Crippen molar-refractivity contribution < 1.29 is 14.0 Å². The molecule has 0 spiro atoms. The Labute approximate surface area is 137 Å². The maximum atomic E-state index is 13.9. The van der Waals surface area contributed by atoms with E-state index in [1.807, 2.05) is 0 Å². The predicted octanol–water partition coefficient (Wildman–Crippen LogP) is 2.60. The van der Waals surface area contributed by atoms with E-state index in [-0.39, 0.29) is 27.8 Å². The maximum absolute atomic E-state index is 13.9. The van der Waals surface area contributed by atoms with Crippen LogP contribution < -0.4 is 5.32 Å². The molecule has 1 aromatic rings. The molecule has 0 aliphatic carbocycles. The molecule has 22 heavy (non-hydrogen) atoms. The summed E-state index contributed by atoms with van der Waals surface area (Å²) in [5, 5.41) is 2.52. The summed E-state index contributed by atoms with van der Waals surface area (Å²) in [6, 6.07) is 2.74. The highest BCUT2D eigenvalue weighted by Crippen LogP contribution is 2.26. The molecule has 1 aromatic carbocycles. The minimum absolute atomic E-state index is 0.00784. The number of aryl methyl sites for hydroxylation is 1. The van der Waals surface area contributed by atoms with E-state index in [1.54, 1.807) is 6.92 Å². The van der Waals surface area contributed by atoms with Crippen molar-refractivity contribution in [2.45, 2.75) is 6.92 Å². The number of benzene rings is 1. The normalized spacial score (nSPS) is 17.0. The molecule has 7 heteroatoms. The molecule has 1 saturated heterocycles. The number of carbonyl (C=O) groups excluding carboxylic acids is 2. The number of halogens is 2. The van der Waals surface area contributed by atoms with Crippen LogP contribution in [0.15, 0.2) is 30.4 Å². The number of amides is 2. The van der Waals surface area contributed by atoms with E-state index in [0.717, 1.165) is 11.0 Å². The van der Waals surface area contributed by atoms with E-state index in [4.69, 9.17) is 23.8 Å². The van der Waals surface area contributed by atoms with Crippen LogP contribution in [0.4, 0.5) is 4.39 Å². The van der Waals surface area contributed by atoms with Crippen molar-refractivity contribution in [1.29, 1.82) is 0 Å². The quantitative estimate of drug-likeness (QED) is 0.399. The fourth-order valence-corrected chi connectivity index (χ4v) is 2.40. The second-order valence-electron chi connectivity index (χ2n) is 4.61. The highest BCUT2D eigenvalue weighted by atomic mass is 35.5. The lowest BCUT2D eigenvalue weighted by Crippen LogP contribution is -2.53. The third-order valence-corrected chi connectivity index (χ3v) is 3.93. The van der Waals surface area contributed by atoms with Crippen LogP contribution in [0.3, 0.4) is 0 Å². The smallest absolute Gasteiger partial charge is 0.265 e. The Morgan fingerprint density at radius 1 is 1.45 bits per heavy atom. The molecule has 0 bridgehead atoms. The summed E-state index contributed by atoms with van der Waals surface area (Å²) in [5.41, 5.74) is 0.394. The monoisotopic (exact) mass is 338 g/mol. The Kier molecular flexibility index (Phi) is 4.73. The number of hydrogen-bond donors (Lipinski definition) is 1. The van der Waals surface area contributed by atoms with Crippen LogP contribution in [0.1, 0.15) is 11.1 Å². The third-order valence-electron chi connectivity index (χ3n) is 3.11. The number of rotatable bonds is 3. The van der Waals surface area contributed by atoms with Gasteiger partial charge in [0.15, 0.2) is 5.11 Å². The number of nitrogens with zero attached hydrogens (tertiary/aromatic N) is 1. The van der Waals surface area contributed by atoms with Crippen molar-refractivity contribution in [3.63, 3.8) is 0 Å². The number of thiocarbonyl (C=S) groups is 1. The topological polar surface area (TPSA) is 49.4 Å². The van der Waals surface area contributed by atoms with Crippen LogP contribution in [0, 0.1) is 12.7 Å². The van der Waals surface area contributed by atoms with Gasteiger partial charge in [-0.1, -0.05) is 23.7 Å². The number of carbonyl (C=O) groups is 2. The van der Waals surface area contributed by atoms with E-state index in [0.29, 0.717) is 5.56 Å². The largest absolute Gasteiger partial charge is 0.298 e. The fourth-order valence-electron chi connectivity index (χ4n) is 1.94. The van der Waals surface area contributed by atoms with Crippen molar-refractivity contribution in [3.05, 3.63) is 52.3 Å². The van der Waals surface area contributed by atoms with E-state index < -0.39 is 17.6 Å². The van der Waals surface area contributed by atoms with Gasteiger partial charge in [-0.25, -0.2) is 4.39 Å². The number of hydrogen-bond acceptors (Lipinski definition) is 3. The molecule has 1 aliphatic heterocycles. The average Bonchev–Trinajstić information content (AvgIpc) is 2.46. The first kappa shape index (κ1) is 16.3. The van der Waals surface area contributed by atoms with Gasteiger partial charge in [0.1, 0.15) is 11.4 Å². The summed E-state index contributed by atoms with van der Waals surface area (Å²) >= 11 is 11.0. The Balaban J connectivity index is 2.53. The lowest BCUT2D eigenvalue weighted by molar-refractivity contribution is -0.128. The molecule has 114 valence electrons. The van der Waals surface area contributed by atoms with Crippen LogP contribution in [-0.2, 0) is 9.59 Å². The van der Waals surface area contributed by atoms with Crippen molar-refractivity contribution >= 4 is 46.8 Å². The van der Waals surface area contributed by atoms with Crippen molar-refractivity contribution in [2.24, 2.45) is 0 Å². The molecule has 0 unspecified atom stereocenters. The minimum Gasteiger partial charge on any atom is -0.298 e. The highest BCUT2D eigenvalue weighted by molar-refractivity contribution is 7.80. The minimum atomic E-state index is -0.688. The molecule has 0 aromatic heterocycles. The van der Waals surface area contributed by atoms with Crippen LogP contribution in [-0.4, -0.2) is 28.4 Å². The summed E-state index contributed by atoms with van der Waals surface area (Å²) in [6.07, 6.45) is 2.61. The molecule has 1 heterocycles. The molecule has 4 nitrogen and oxygen atoms in total. The van der Waals surface area contributed by atoms with Crippen molar-refractivity contribution in [2.75, 3.05) is 6.54 Å². The molecule has 0 atom stereocenters. The van der Waals surface area contributed by atoms with E-state index in [1.165, 1.54) is 18.2 Å². The molecule has 0 saturated carbocycles. The standard InChI is InChI=1S/C15H12ClFN2O2S/c1-3-6-19-14(21)10(13(20)18-15(19)22)7-9-11(17)5-4-8(2)12(9)16/h3-5,7H,1,6H2,2H3,(H,18,20,22). The summed E-state index contributed by atoms with van der Waals surface area (Å²) in [4.78, 5) is 25.5. The first-order valence-corrected chi connectivity index (χ1v) is 7.09. The molecule has 1 fully saturated rings. The predicted molar refractivity (Wildman–Crippen MR) is 86.8 cm³/mol. The summed E-state index contributed by atoms with van der Waals surface area (Å²) in [5.74, 6) is -1.93. The second kappa shape index (κ2) is 6.37. The fraction of sp³-hybridized carbons (Fsp3) is 0.133. The Hall–Kier alpha value is -2.05. The lowest BCUT2D eigenvalue weighted by Gasteiger charge is -2.27. The van der Waals surface area contributed by atoms with Gasteiger partial charge in [-0.2, -0.15) is 0 Å². The summed E-state index contributed by atoms with van der Waals surface area (Å²) in [6.45, 7) is 5.36. The van der Waals surface area contributed by atoms with E-state index in [9.17, 15) is 14.0 Å². The zero-order valence-electron chi connectivity index (χ0n) is 11.7. The van der Waals surface area contributed by atoms with Gasteiger partial charge in [-0.3, -0.25) is 19.8 Å². The Morgan fingerprint density at radius 2 is 2.14 bits per heavy atom. The third kappa shape index (κ3) is 2.93. The SMILES string of the molecule is C=CCN1C(=O)C(=Cc2c(F)ccc(C)c2Cl)C(=O)NC1=S. The molecular formula is C15H12ClFN2O2S. The van der Waals surface area contributed by atoms with Gasteiger partial charge in [0.2, 0.25) is 0 Å². The molecule has 2 amide bonds. The van der Waals surface area contributed by atoms with Gasteiger partial charge in [0.05, 0.1) is 5.02 Å².